The van der Waals surface area contributed by atoms with Crippen molar-refractivity contribution in [3.63, 3.8) is 0 Å². The molecule has 4 rings (SSSR count). The minimum Gasteiger partial charge on any atom is -0.465 e. The summed E-state index contributed by atoms with van der Waals surface area (Å²) in [5.74, 6) is -0.248. The fraction of sp³-hybridized carbons (Fsp3) is 0.667. The maximum Gasteiger partial charge on any atom is 0.345 e. The van der Waals surface area contributed by atoms with E-state index >= 15 is 0 Å². The average molecular weight is 446 g/mol. The third-order valence-electron chi connectivity index (χ3n) is 6.58. The van der Waals surface area contributed by atoms with E-state index in [0.29, 0.717) is 46.8 Å². The number of fused-ring (bicyclic) bond motifs is 1. The first-order valence-corrected chi connectivity index (χ1v) is 10.6. The van der Waals surface area contributed by atoms with Gasteiger partial charge in [-0.1, -0.05) is 11.6 Å². The van der Waals surface area contributed by atoms with E-state index in [1.807, 2.05) is 6.92 Å². The minimum absolute atomic E-state index is 0.146. The number of hydrogen-bond acceptors (Lipinski definition) is 6. The molecule has 1 saturated heterocycles. The van der Waals surface area contributed by atoms with E-state index in [1.165, 1.54) is 7.11 Å². The van der Waals surface area contributed by atoms with Gasteiger partial charge in [0.1, 0.15) is 0 Å². The molecule has 166 valence electrons. The number of likely N-dealkylation sites (tertiary alicyclic amines) is 1. The Balaban J connectivity index is 1.39. The number of carbonyl (C=O) groups excluding carboxylic acids is 1. The number of hydrogen-bond donors (Lipinski definition) is 0. The van der Waals surface area contributed by atoms with Gasteiger partial charge in [-0.25, -0.2) is 4.79 Å². The third kappa shape index (κ3) is 3.85. The first kappa shape index (κ1) is 21.6. The molecule has 1 aromatic carbocycles. The zero-order chi connectivity index (χ0) is 21.6. The van der Waals surface area contributed by atoms with Crippen LogP contribution in [0, 0.1) is 12.8 Å². The van der Waals surface area contributed by atoms with Crippen molar-refractivity contribution in [3.05, 3.63) is 22.2 Å². The molecular weight excluding hydrogens is 420 g/mol. The standard InChI is InChI=1S/C21H26ClF2NO5/c1-11-15(19(26)27-3)8-16(22)18-17(11)29-21(2,30-18)12-4-6-13(7-5-12)25-9-14(10-25)28-20(23)24/h8,12-14,20H,4-7,9-10H2,1-3H3. The molecule has 6 nitrogen and oxygen atoms in total. The maximum absolute atomic E-state index is 12.3. The fourth-order valence-electron chi connectivity index (χ4n) is 4.80. The van der Waals surface area contributed by atoms with Gasteiger partial charge in [0, 0.05) is 37.5 Å². The highest BCUT2D eigenvalue weighted by atomic mass is 35.5. The lowest BCUT2D eigenvalue weighted by atomic mass is 9.80. The highest BCUT2D eigenvalue weighted by Crippen LogP contribution is 2.52. The smallest absolute Gasteiger partial charge is 0.345 e. The average Bonchev–Trinajstić information content (AvgIpc) is 3.06. The van der Waals surface area contributed by atoms with Crippen molar-refractivity contribution in [3.8, 4) is 11.5 Å². The second-order valence-electron chi connectivity index (χ2n) is 8.38. The minimum atomic E-state index is -2.71. The van der Waals surface area contributed by atoms with Crippen molar-refractivity contribution >= 4 is 17.6 Å². The number of alkyl halides is 2. The first-order chi connectivity index (χ1) is 14.2. The second kappa shape index (κ2) is 8.13. The van der Waals surface area contributed by atoms with E-state index in [9.17, 15) is 13.6 Å². The Hall–Kier alpha value is -1.64. The predicted octanol–water partition coefficient (Wildman–Crippen LogP) is 4.40. The molecule has 1 unspecified atom stereocenters. The molecule has 0 amide bonds. The lowest BCUT2D eigenvalue weighted by Crippen LogP contribution is -2.58. The summed E-state index contributed by atoms with van der Waals surface area (Å²) in [5, 5.41) is 0.319. The number of carbonyl (C=O) groups is 1. The summed E-state index contributed by atoms with van der Waals surface area (Å²) in [7, 11) is 1.32. The molecular formula is C21H26ClF2NO5. The Labute approximate surface area is 179 Å². The van der Waals surface area contributed by atoms with Gasteiger partial charge >= 0.3 is 12.6 Å². The summed E-state index contributed by atoms with van der Waals surface area (Å²) in [4.78, 5) is 14.2. The van der Waals surface area contributed by atoms with Crippen molar-refractivity contribution in [1.82, 2.24) is 4.90 Å². The van der Waals surface area contributed by atoms with Gasteiger partial charge in [0.2, 0.25) is 0 Å². The van der Waals surface area contributed by atoms with Gasteiger partial charge in [0.05, 0.1) is 23.8 Å². The van der Waals surface area contributed by atoms with E-state index in [4.69, 9.17) is 25.8 Å². The lowest BCUT2D eigenvalue weighted by molar-refractivity contribution is -0.203. The summed E-state index contributed by atoms with van der Waals surface area (Å²) in [6.07, 6.45) is 3.26. The molecule has 0 radical (unpaired) electrons. The Morgan fingerprint density at radius 3 is 2.47 bits per heavy atom. The molecule has 1 saturated carbocycles. The van der Waals surface area contributed by atoms with Gasteiger partial charge in [-0.2, -0.15) is 8.78 Å². The highest BCUT2D eigenvalue weighted by molar-refractivity contribution is 6.32. The van der Waals surface area contributed by atoms with Crippen molar-refractivity contribution in [2.45, 2.75) is 64.1 Å². The number of nitrogens with zero attached hydrogens (tertiary/aromatic N) is 1. The van der Waals surface area contributed by atoms with Gasteiger partial charge in [0.25, 0.3) is 5.79 Å². The number of esters is 1. The van der Waals surface area contributed by atoms with Crippen molar-refractivity contribution in [2.75, 3.05) is 20.2 Å². The highest BCUT2D eigenvalue weighted by Gasteiger charge is 2.48. The van der Waals surface area contributed by atoms with Crippen molar-refractivity contribution in [1.29, 1.82) is 0 Å². The molecule has 0 bridgehead atoms. The number of ether oxygens (including phenoxy) is 4. The number of rotatable bonds is 5. The number of halogens is 3. The van der Waals surface area contributed by atoms with E-state index in [-0.39, 0.29) is 12.0 Å². The molecule has 30 heavy (non-hydrogen) atoms. The maximum atomic E-state index is 12.3. The molecule has 0 aromatic heterocycles. The third-order valence-corrected chi connectivity index (χ3v) is 6.86. The normalized spacial score (nSPS) is 29.2. The molecule has 1 aliphatic carbocycles. The summed E-state index contributed by atoms with van der Waals surface area (Å²) in [5.41, 5.74) is 1.00. The predicted molar refractivity (Wildman–Crippen MR) is 105 cm³/mol. The largest absolute Gasteiger partial charge is 0.465 e. The van der Waals surface area contributed by atoms with Gasteiger partial charge in [-0.15, -0.1) is 0 Å². The van der Waals surface area contributed by atoms with Gasteiger partial charge in [-0.05, 0) is 38.7 Å². The Morgan fingerprint density at radius 1 is 1.23 bits per heavy atom. The van der Waals surface area contributed by atoms with Crippen LogP contribution >= 0.6 is 11.6 Å². The van der Waals surface area contributed by atoms with Crippen LogP contribution in [0.4, 0.5) is 8.78 Å². The van der Waals surface area contributed by atoms with Crippen LogP contribution in [0.2, 0.25) is 5.02 Å². The molecule has 2 aliphatic heterocycles. The topological polar surface area (TPSA) is 57.2 Å². The van der Waals surface area contributed by atoms with Crippen molar-refractivity contribution < 1.29 is 32.5 Å². The molecule has 1 aromatic rings. The Bertz CT molecular complexity index is 824. The van der Waals surface area contributed by atoms with Gasteiger partial charge in [0.15, 0.2) is 11.5 Å². The Kier molecular flexibility index (Phi) is 5.85. The Morgan fingerprint density at radius 2 is 1.87 bits per heavy atom. The van der Waals surface area contributed by atoms with Gasteiger partial charge in [-0.3, -0.25) is 4.90 Å². The number of benzene rings is 1. The zero-order valence-corrected chi connectivity index (χ0v) is 18.0. The summed E-state index contributed by atoms with van der Waals surface area (Å²) >= 11 is 6.37. The monoisotopic (exact) mass is 445 g/mol. The van der Waals surface area contributed by atoms with Crippen LogP contribution in [0.3, 0.4) is 0 Å². The molecule has 3 aliphatic rings. The van der Waals surface area contributed by atoms with E-state index in [1.54, 1.807) is 13.0 Å². The molecule has 9 heteroatoms. The van der Waals surface area contributed by atoms with Crippen LogP contribution in [0.25, 0.3) is 0 Å². The van der Waals surface area contributed by atoms with E-state index < -0.39 is 18.4 Å². The molecule has 2 fully saturated rings. The van der Waals surface area contributed by atoms with Crippen LogP contribution in [-0.4, -0.2) is 55.6 Å². The van der Waals surface area contributed by atoms with Crippen LogP contribution < -0.4 is 9.47 Å². The summed E-state index contributed by atoms with van der Waals surface area (Å²) in [6, 6.07) is 1.91. The molecule has 1 atom stereocenters. The summed E-state index contributed by atoms with van der Waals surface area (Å²) in [6.45, 7) is 2.10. The van der Waals surface area contributed by atoms with Gasteiger partial charge < -0.3 is 18.9 Å². The van der Waals surface area contributed by atoms with E-state index in [0.717, 1.165) is 25.7 Å². The number of methoxy groups -OCH3 is 1. The van der Waals surface area contributed by atoms with Crippen LogP contribution in [0.5, 0.6) is 11.5 Å². The first-order valence-electron chi connectivity index (χ1n) is 10.2. The summed E-state index contributed by atoms with van der Waals surface area (Å²) < 4.78 is 46.4. The molecule has 0 spiro atoms. The SMILES string of the molecule is COC(=O)c1cc(Cl)c2c(c1C)OC(C)(C1CCC(N3CC(OC(F)F)C3)CC1)O2. The van der Waals surface area contributed by atoms with Crippen molar-refractivity contribution in [2.24, 2.45) is 5.92 Å². The molecule has 0 N–H and O–H groups in total. The second-order valence-corrected chi connectivity index (χ2v) is 8.79. The lowest BCUT2D eigenvalue weighted by Gasteiger charge is -2.47. The zero-order valence-electron chi connectivity index (χ0n) is 17.3. The fourth-order valence-corrected chi connectivity index (χ4v) is 5.03. The van der Waals surface area contributed by atoms with E-state index in [2.05, 4.69) is 9.64 Å². The van der Waals surface area contributed by atoms with Crippen LogP contribution in [-0.2, 0) is 9.47 Å². The molecule has 2 heterocycles. The van der Waals surface area contributed by atoms with Crippen LogP contribution in [0.15, 0.2) is 6.07 Å². The van der Waals surface area contributed by atoms with Crippen LogP contribution in [0.1, 0.15) is 48.5 Å². The quantitative estimate of drug-likeness (QED) is 0.626.